The molecule has 0 spiro atoms. The molecular formula is C26H26FN9O. The summed E-state index contributed by atoms with van der Waals surface area (Å²) in [5.41, 5.74) is 8.13. The molecule has 1 aliphatic rings. The van der Waals surface area contributed by atoms with Gasteiger partial charge in [0.1, 0.15) is 5.82 Å². The van der Waals surface area contributed by atoms with E-state index >= 15 is 0 Å². The average Bonchev–Trinajstić information content (AvgIpc) is 2.91. The zero-order valence-corrected chi connectivity index (χ0v) is 20.5. The van der Waals surface area contributed by atoms with E-state index in [4.69, 9.17) is 4.74 Å². The summed E-state index contributed by atoms with van der Waals surface area (Å²) in [4.78, 5) is 23.2. The van der Waals surface area contributed by atoms with Crippen LogP contribution in [0.15, 0.2) is 60.1 Å². The van der Waals surface area contributed by atoms with E-state index in [0.717, 1.165) is 40.2 Å². The second kappa shape index (κ2) is 11.0. The van der Waals surface area contributed by atoms with Gasteiger partial charge in [0.05, 0.1) is 48.9 Å². The molecule has 3 aromatic heterocycles. The molecule has 4 heterocycles. The normalized spacial score (nSPS) is 13.6. The standard InChI is InChI=1S/C26H26FN9O/c1-17-11-19(24-5-6-28-18(2)32-24)13-22(12-17)33-21-4-3-20(29-14-21)15-31-35-26-30-16-23(27)25(34-26)36-7-9-37-10-8-36/h3-6,11-16,33H,7-10H2,1-2H3,(H,30,34,35)/b31-15+. The second-order valence-electron chi connectivity index (χ2n) is 8.51. The third-order valence-corrected chi connectivity index (χ3v) is 5.62. The van der Waals surface area contributed by atoms with Crippen molar-refractivity contribution in [2.24, 2.45) is 5.10 Å². The maximum absolute atomic E-state index is 14.2. The van der Waals surface area contributed by atoms with E-state index in [9.17, 15) is 4.39 Å². The molecule has 188 valence electrons. The number of aromatic nitrogens is 5. The number of rotatable bonds is 7. The van der Waals surface area contributed by atoms with Crippen molar-refractivity contribution in [3.8, 4) is 11.3 Å². The first-order valence-electron chi connectivity index (χ1n) is 11.8. The van der Waals surface area contributed by atoms with Crippen molar-refractivity contribution in [1.82, 2.24) is 24.9 Å². The van der Waals surface area contributed by atoms with Crippen molar-refractivity contribution in [2.45, 2.75) is 13.8 Å². The summed E-state index contributed by atoms with van der Waals surface area (Å²) in [6, 6.07) is 11.8. The first-order valence-corrected chi connectivity index (χ1v) is 11.8. The van der Waals surface area contributed by atoms with Crippen molar-refractivity contribution >= 4 is 29.4 Å². The van der Waals surface area contributed by atoms with Crippen LogP contribution in [0.2, 0.25) is 0 Å². The lowest BCUT2D eigenvalue weighted by Gasteiger charge is -2.27. The number of hydrogen-bond acceptors (Lipinski definition) is 10. The highest BCUT2D eigenvalue weighted by atomic mass is 19.1. The molecule has 0 aliphatic carbocycles. The maximum atomic E-state index is 14.2. The monoisotopic (exact) mass is 499 g/mol. The Hall–Kier alpha value is -4.51. The van der Waals surface area contributed by atoms with E-state index < -0.39 is 5.82 Å². The molecule has 1 aliphatic heterocycles. The van der Waals surface area contributed by atoms with Crippen LogP contribution in [0, 0.1) is 19.7 Å². The van der Waals surface area contributed by atoms with E-state index in [2.05, 4.69) is 52.9 Å². The minimum atomic E-state index is -0.478. The van der Waals surface area contributed by atoms with Crippen LogP contribution in [0.1, 0.15) is 17.1 Å². The predicted octanol–water partition coefficient (Wildman–Crippen LogP) is 4.11. The molecule has 5 rings (SSSR count). The maximum Gasteiger partial charge on any atom is 0.245 e. The predicted molar refractivity (Wildman–Crippen MR) is 141 cm³/mol. The van der Waals surface area contributed by atoms with Gasteiger partial charge in [-0.05, 0) is 55.8 Å². The number of nitrogens with one attached hydrogen (secondary N) is 2. The van der Waals surface area contributed by atoms with Crippen LogP contribution < -0.4 is 15.6 Å². The van der Waals surface area contributed by atoms with Crippen LogP contribution in [-0.2, 0) is 4.74 Å². The molecular weight excluding hydrogens is 473 g/mol. The highest BCUT2D eigenvalue weighted by Crippen LogP contribution is 2.25. The van der Waals surface area contributed by atoms with Crippen LogP contribution in [-0.4, -0.2) is 57.4 Å². The van der Waals surface area contributed by atoms with Crippen LogP contribution in [0.25, 0.3) is 11.3 Å². The van der Waals surface area contributed by atoms with Gasteiger partial charge in [-0.15, -0.1) is 0 Å². The largest absolute Gasteiger partial charge is 0.378 e. The van der Waals surface area contributed by atoms with Crippen LogP contribution in [0.3, 0.4) is 0 Å². The minimum Gasteiger partial charge on any atom is -0.378 e. The van der Waals surface area contributed by atoms with Gasteiger partial charge in [0.2, 0.25) is 5.95 Å². The molecule has 0 unspecified atom stereocenters. The number of nitrogens with zero attached hydrogens (tertiary/aromatic N) is 7. The number of morpholine rings is 1. The molecule has 0 amide bonds. The Balaban J connectivity index is 1.23. The smallest absolute Gasteiger partial charge is 0.245 e. The van der Waals surface area contributed by atoms with Crippen molar-refractivity contribution in [3.05, 3.63) is 77.9 Å². The third-order valence-electron chi connectivity index (χ3n) is 5.62. The van der Waals surface area contributed by atoms with E-state index in [1.807, 2.05) is 43.0 Å². The molecule has 2 N–H and O–H groups in total. The Morgan fingerprint density at radius 2 is 1.84 bits per heavy atom. The Morgan fingerprint density at radius 3 is 2.62 bits per heavy atom. The summed E-state index contributed by atoms with van der Waals surface area (Å²) in [6.45, 7) is 6.14. The molecule has 4 aromatic rings. The lowest BCUT2D eigenvalue weighted by molar-refractivity contribution is 0.122. The number of benzene rings is 1. The lowest BCUT2D eigenvalue weighted by Crippen LogP contribution is -2.37. The van der Waals surface area contributed by atoms with E-state index in [0.29, 0.717) is 32.0 Å². The molecule has 0 bridgehead atoms. The average molecular weight is 500 g/mol. The lowest BCUT2D eigenvalue weighted by atomic mass is 10.1. The summed E-state index contributed by atoms with van der Waals surface area (Å²) >= 11 is 0. The summed E-state index contributed by atoms with van der Waals surface area (Å²) < 4.78 is 19.5. The first kappa shape index (κ1) is 24.2. The van der Waals surface area contributed by atoms with Crippen LogP contribution in [0.4, 0.5) is 27.5 Å². The van der Waals surface area contributed by atoms with E-state index in [-0.39, 0.29) is 11.8 Å². The van der Waals surface area contributed by atoms with Gasteiger partial charge in [-0.3, -0.25) is 4.98 Å². The van der Waals surface area contributed by atoms with Gasteiger partial charge in [0.25, 0.3) is 0 Å². The zero-order chi connectivity index (χ0) is 25.6. The number of halogens is 1. The Kier molecular flexibility index (Phi) is 7.22. The van der Waals surface area contributed by atoms with Gasteiger partial charge < -0.3 is 15.0 Å². The third kappa shape index (κ3) is 6.19. The highest BCUT2D eigenvalue weighted by molar-refractivity contribution is 5.78. The van der Waals surface area contributed by atoms with Gasteiger partial charge in [0, 0.05) is 30.5 Å². The summed E-state index contributed by atoms with van der Waals surface area (Å²) in [5, 5.41) is 7.53. The van der Waals surface area contributed by atoms with Crippen LogP contribution in [0.5, 0.6) is 0 Å². The van der Waals surface area contributed by atoms with E-state index in [1.54, 1.807) is 18.6 Å². The molecule has 11 heteroatoms. The van der Waals surface area contributed by atoms with Crippen molar-refractivity contribution in [1.29, 1.82) is 0 Å². The molecule has 1 saturated heterocycles. The van der Waals surface area contributed by atoms with Crippen molar-refractivity contribution in [2.75, 3.05) is 41.9 Å². The molecule has 1 fully saturated rings. The van der Waals surface area contributed by atoms with Gasteiger partial charge in [-0.1, -0.05) is 0 Å². The van der Waals surface area contributed by atoms with Crippen molar-refractivity contribution < 1.29 is 9.13 Å². The topological polar surface area (TPSA) is 113 Å². The Labute approximate surface area is 213 Å². The van der Waals surface area contributed by atoms with Gasteiger partial charge in [-0.2, -0.15) is 10.1 Å². The number of pyridine rings is 1. The minimum absolute atomic E-state index is 0.201. The molecule has 0 saturated carbocycles. The number of anilines is 4. The molecule has 10 nitrogen and oxygen atoms in total. The van der Waals surface area contributed by atoms with Crippen molar-refractivity contribution in [3.63, 3.8) is 0 Å². The highest BCUT2D eigenvalue weighted by Gasteiger charge is 2.17. The van der Waals surface area contributed by atoms with Gasteiger partial charge in [-0.25, -0.2) is 24.8 Å². The fourth-order valence-electron chi connectivity index (χ4n) is 3.91. The number of hydrogen-bond donors (Lipinski definition) is 2. The number of hydrazone groups is 1. The van der Waals surface area contributed by atoms with Gasteiger partial charge in [0.15, 0.2) is 11.6 Å². The Bertz CT molecular complexity index is 1410. The molecule has 0 atom stereocenters. The summed E-state index contributed by atoms with van der Waals surface area (Å²) in [5.74, 6) is 0.687. The Morgan fingerprint density at radius 1 is 0.973 bits per heavy atom. The molecule has 37 heavy (non-hydrogen) atoms. The second-order valence-corrected chi connectivity index (χ2v) is 8.51. The van der Waals surface area contributed by atoms with Gasteiger partial charge >= 0.3 is 0 Å². The summed E-state index contributed by atoms with van der Waals surface area (Å²) in [7, 11) is 0. The van der Waals surface area contributed by atoms with Crippen LogP contribution >= 0.6 is 0 Å². The number of ether oxygens (including phenoxy) is 1. The zero-order valence-electron chi connectivity index (χ0n) is 20.5. The summed E-state index contributed by atoms with van der Waals surface area (Å²) in [6.07, 6.45) is 6.17. The fourth-order valence-corrected chi connectivity index (χ4v) is 3.91. The SMILES string of the molecule is Cc1cc(Nc2ccc(/C=N/Nc3ncc(F)c(N4CCOCC4)n3)nc2)cc(-c2ccnc(C)n2)c1. The molecule has 0 radical (unpaired) electrons. The van der Waals surface area contributed by atoms with E-state index in [1.165, 1.54) is 0 Å². The number of aryl methyl sites for hydroxylation is 2. The molecule has 1 aromatic carbocycles. The first-order chi connectivity index (χ1) is 18.0. The quantitative estimate of drug-likeness (QED) is 0.286. The fraction of sp³-hybridized carbons (Fsp3) is 0.231.